The monoisotopic (exact) mass is 134 g/mol. The molecule has 0 aromatic heterocycles. The summed E-state index contributed by atoms with van der Waals surface area (Å²) in [6.45, 7) is 2.45. The number of thioether (sulfide) groups is 1. The summed E-state index contributed by atoms with van der Waals surface area (Å²) in [4.78, 5) is 0. The van der Waals surface area contributed by atoms with E-state index in [2.05, 4.69) is 13.2 Å². The van der Waals surface area contributed by atoms with Gasteiger partial charge in [0.25, 0.3) is 0 Å². The van der Waals surface area contributed by atoms with Crippen LogP contribution < -0.4 is 0 Å². The molecule has 8 heavy (non-hydrogen) atoms. The largest absolute Gasteiger partial charge is 0.396 e. The van der Waals surface area contributed by atoms with E-state index in [0.29, 0.717) is 12.5 Å². The fraction of sp³-hybridized carbons (Fsp3) is 1.00. The first kappa shape index (κ1) is 8.31. The molecule has 0 aliphatic rings. The minimum absolute atomic E-state index is 0.345. The summed E-state index contributed by atoms with van der Waals surface area (Å²) in [5, 5.41) is 8.64. The van der Waals surface area contributed by atoms with Gasteiger partial charge in [0.1, 0.15) is 0 Å². The molecule has 0 fully saturated rings. The van der Waals surface area contributed by atoms with Crippen LogP contribution in [0.1, 0.15) is 13.3 Å². The van der Waals surface area contributed by atoms with Crippen molar-refractivity contribution in [3.05, 3.63) is 0 Å². The molecule has 1 atom stereocenters. The lowest BCUT2D eigenvalue weighted by atomic mass is 10.1. The van der Waals surface area contributed by atoms with Crippen molar-refractivity contribution in [2.45, 2.75) is 13.3 Å². The number of aliphatic hydroxyl groups is 1. The topological polar surface area (TPSA) is 20.2 Å². The van der Waals surface area contributed by atoms with Crippen LogP contribution in [0, 0.1) is 5.92 Å². The van der Waals surface area contributed by atoms with Crippen molar-refractivity contribution in [1.82, 2.24) is 0 Å². The van der Waals surface area contributed by atoms with Crippen molar-refractivity contribution < 1.29 is 5.11 Å². The van der Waals surface area contributed by atoms with E-state index in [0.717, 1.165) is 12.2 Å². The minimum Gasteiger partial charge on any atom is -0.396 e. The van der Waals surface area contributed by atoms with Gasteiger partial charge in [0.05, 0.1) is 0 Å². The van der Waals surface area contributed by atoms with Crippen LogP contribution in [0.15, 0.2) is 0 Å². The molecule has 0 rings (SSSR count). The average molecular weight is 134 g/mol. The Morgan fingerprint density at radius 2 is 2.25 bits per heavy atom. The fourth-order valence-corrected chi connectivity index (χ4v) is 1.35. The van der Waals surface area contributed by atoms with Gasteiger partial charge in [-0.3, -0.25) is 0 Å². The first-order valence-corrected chi connectivity index (χ1v) is 4.34. The summed E-state index contributed by atoms with van der Waals surface area (Å²) in [6, 6.07) is 0. The summed E-state index contributed by atoms with van der Waals surface area (Å²) in [5.74, 6) is 1.61. The van der Waals surface area contributed by atoms with E-state index < -0.39 is 0 Å². The van der Waals surface area contributed by atoms with Crippen LogP contribution in [0.25, 0.3) is 0 Å². The molecule has 2 heteroatoms. The summed E-state index contributed by atoms with van der Waals surface area (Å²) in [5.41, 5.74) is 0. The van der Waals surface area contributed by atoms with Crippen molar-refractivity contribution in [3.8, 4) is 0 Å². The highest BCUT2D eigenvalue weighted by Gasteiger charge is 2.00. The summed E-state index contributed by atoms with van der Waals surface area (Å²) < 4.78 is 0. The third-order valence-corrected chi connectivity index (χ3v) is 2.04. The first-order chi connectivity index (χ1) is 3.85. The van der Waals surface area contributed by atoms with Crippen LogP contribution in [0.4, 0.5) is 0 Å². The van der Waals surface area contributed by atoms with Gasteiger partial charge in [-0.1, -0.05) is 13.3 Å². The number of aliphatic hydroxyl groups excluding tert-OH is 1. The van der Waals surface area contributed by atoms with Crippen LogP contribution in [-0.4, -0.2) is 23.7 Å². The van der Waals surface area contributed by atoms with Crippen molar-refractivity contribution in [3.63, 3.8) is 0 Å². The Morgan fingerprint density at radius 1 is 1.62 bits per heavy atom. The lowest BCUT2D eigenvalue weighted by Crippen LogP contribution is -2.06. The van der Waals surface area contributed by atoms with Crippen molar-refractivity contribution in [2.75, 3.05) is 18.6 Å². The zero-order valence-corrected chi connectivity index (χ0v) is 6.37. The molecule has 0 heterocycles. The number of hydrogen-bond acceptors (Lipinski definition) is 2. The van der Waals surface area contributed by atoms with E-state index in [1.165, 1.54) is 0 Å². The van der Waals surface area contributed by atoms with Crippen molar-refractivity contribution in [1.29, 1.82) is 0 Å². The van der Waals surface area contributed by atoms with E-state index in [-0.39, 0.29) is 0 Å². The third kappa shape index (κ3) is 3.33. The van der Waals surface area contributed by atoms with Crippen LogP contribution >= 0.6 is 11.8 Å². The Hall–Kier alpha value is 0.310. The standard InChI is InChI=1S/C6H14OS/c1-3-6(4-7)5-8-2/h6-7H,3-5H2,1-2H3. The molecule has 0 aromatic carbocycles. The van der Waals surface area contributed by atoms with Crippen LogP contribution in [0.2, 0.25) is 0 Å². The molecule has 1 N–H and O–H groups in total. The van der Waals surface area contributed by atoms with Gasteiger partial charge < -0.3 is 5.11 Å². The van der Waals surface area contributed by atoms with Gasteiger partial charge >= 0.3 is 0 Å². The predicted octanol–water partition coefficient (Wildman–Crippen LogP) is 1.37. The maximum atomic E-state index is 8.64. The normalized spacial score (nSPS) is 13.9. The van der Waals surface area contributed by atoms with Gasteiger partial charge in [-0.05, 0) is 17.9 Å². The Bertz CT molecular complexity index is 43.8. The molecule has 50 valence electrons. The molecule has 0 radical (unpaired) electrons. The summed E-state index contributed by atoms with van der Waals surface area (Å²) >= 11 is 1.80. The van der Waals surface area contributed by atoms with E-state index in [1.54, 1.807) is 11.8 Å². The predicted molar refractivity (Wildman–Crippen MR) is 39.2 cm³/mol. The molecule has 0 saturated carbocycles. The van der Waals surface area contributed by atoms with Crippen LogP contribution in [0.5, 0.6) is 0 Å². The molecule has 0 spiro atoms. The quantitative estimate of drug-likeness (QED) is 0.626. The number of hydrogen-bond donors (Lipinski definition) is 1. The second kappa shape index (κ2) is 5.45. The lowest BCUT2D eigenvalue weighted by Gasteiger charge is -2.07. The van der Waals surface area contributed by atoms with E-state index in [9.17, 15) is 0 Å². The molecule has 1 nitrogen and oxygen atoms in total. The molecule has 1 unspecified atom stereocenters. The van der Waals surface area contributed by atoms with E-state index in [1.807, 2.05) is 0 Å². The van der Waals surface area contributed by atoms with Gasteiger partial charge in [0.15, 0.2) is 0 Å². The molecular weight excluding hydrogens is 120 g/mol. The minimum atomic E-state index is 0.345. The second-order valence-electron chi connectivity index (χ2n) is 1.91. The smallest absolute Gasteiger partial charge is 0.0467 e. The maximum absolute atomic E-state index is 8.64. The Morgan fingerprint density at radius 3 is 2.38 bits per heavy atom. The molecule has 0 aliphatic carbocycles. The zero-order valence-electron chi connectivity index (χ0n) is 5.55. The van der Waals surface area contributed by atoms with Gasteiger partial charge in [-0.2, -0.15) is 11.8 Å². The molecule has 0 aromatic rings. The van der Waals surface area contributed by atoms with Crippen LogP contribution in [-0.2, 0) is 0 Å². The van der Waals surface area contributed by atoms with E-state index >= 15 is 0 Å². The Kier molecular flexibility index (Phi) is 5.66. The van der Waals surface area contributed by atoms with Gasteiger partial charge in [-0.15, -0.1) is 0 Å². The molecule has 0 amide bonds. The molecule has 0 aliphatic heterocycles. The molecule has 0 saturated heterocycles. The SMILES string of the molecule is CCC(CO)CSC. The Labute approximate surface area is 55.5 Å². The fourth-order valence-electron chi connectivity index (χ4n) is 0.535. The van der Waals surface area contributed by atoms with Crippen molar-refractivity contribution in [2.24, 2.45) is 5.92 Å². The lowest BCUT2D eigenvalue weighted by molar-refractivity contribution is 0.237. The Balaban J connectivity index is 3.07. The summed E-state index contributed by atoms with van der Waals surface area (Å²) in [6.07, 6.45) is 3.16. The highest BCUT2D eigenvalue weighted by molar-refractivity contribution is 7.98. The van der Waals surface area contributed by atoms with Gasteiger partial charge in [0, 0.05) is 6.61 Å². The van der Waals surface area contributed by atoms with Gasteiger partial charge in [0.2, 0.25) is 0 Å². The van der Waals surface area contributed by atoms with Crippen molar-refractivity contribution >= 4 is 11.8 Å². The highest BCUT2D eigenvalue weighted by Crippen LogP contribution is 2.07. The third-order valence-electron chi connectivity index (χ3n) is 1.24. The molecular formula is C6H14OS. The summed E-state index contributed by atoms with van der Waals surface area (Å²) in [7, 11) is 0. The average Bonchev–Trinajstić information content (AvgIpc) is 1.83. The van der Waals surface area contributed by atoms with Crippen LogP contribution in [0.3, 0.4) is 0 Å². The zero-order chi connectivity index (χ0) is 6.41. The van der Waals surface area contributed by atoms with E-state index in [4.69, 9.17) is 5.11 Å². The first-order valence-electron chi connectivity index (χ1n) is 2.95. The number of rotatable bonds is 4. The highest BCUT2D eigenvalue weighted by atomic mass is 32.2. The molecule has 0 bridgehead atoms. The maximum Gasteiger partial charge on any atom is 0.0467 e. The second-order valence-corrected chi connectivity index (χ2v) is 2.82. The van der Waals surface area contributed by atoms with Gasteiger partial charge in [-0.25, -0.2) is 0 Å².